The Hall–Kier alpha value is -2.82. The fourth-order valence-electron chi connectivity index (χ4n) is 3.95. The molecule has 2 aromatic carbocycles. The molecule has 0 heterocycles. The first-order chi connectivity index (χ1) is 15.2. The Morgan fingerprint density at radius 2 is 1.55 bits per heavy atom. The van der Waals surface area contributed by atoms with Gasteiger partial charge in [-0.2, -0.15) is 0 Å². The van der Waals surface area contributed by atoms with Gasteiger partial charge in [0.05, 0.1) is 12.3 Å². The molecule has 0 saturated carbocycles. The fourth-order valence-corrected chi connectivity index (χ4v) is 3.95. The second kappa shape index (κ2) is 12.1. The van der Waals surface area contributed by atoms with E-state index in [1.54, 1.807) is 6.07 Å². The number of ether oxygens (including phenoxy) is 1. The molecule has 2 aromatic rings. The summed E-state index contributed by atoms with van der Waals surface area (Å²) in [6.07, 6.45) is 11.7. The molecule has 0 saturated heterocycles. The monoisotopic (exact) mass is 422 g/mol. The maximum absolute atomic E-state index is 12.4. The molecule has 0 radical (unpaired) electrons. The summed E-state index contributed by atoms with van der Waals surface area (Å²) in [6.45, 7) is 2.82. The lowest BCUT2D eigenvalue weighted by Gasteiger charge is -2.13. The van der Waals surface area contributed by atoms with E-state index in [0.29, 0.717) is 23.7 Å². The number of anilines is 2. The fraction of sp³-hybridized carbons (Fsp3) is 0.462. The maximum atomic E-state index is 12.4. The average Bonchev–Trinajstić information content (AvgIpc) is 3.24. The number of carbonyl (C=O) groups excluding carboxylic acids is 2. The van der Waals surface area contributed by atoms with Gasteiger partial charge in [-0.05, 0) is 61.1 Å². The zero-order chi connectivity index (χ0) is 21.9. The van der Waals surface area contributed by atoms with E-state index in [-0.39, 0.29) is 0 Å². The Bertz CT molecular complexity index is 879. The standard InChI is InChI=1S/C26H34N2O3/c1-2-3-4-5-6-7-10-18-31-24-15-9-8-14-23(24)28-26(30)25(29)27-22-17-16-20-12-11-13-21(20)19-22/h8-9,14-17,19H,2-7,10-13,18H2,1H3,(H,27,29)(H,28,30). The van der Waals surface area contributed by atoms with Crippen LogP contribution in [0.25, 0.3) is 0 Å². The normalized spacial score (nSPS) is 12.3. The van der Waals surface area contributed by atoms with E-state index < -0.39 is 11.8 Å². The molecule has 3 rings (SSSR count). The third kappa shape index (κ3) is 7.12. The number of nitrogens with one attached hydrogen (secondary N) is 2. The first-order valence-electron chi connectivity index (χ1n) is 11.6. The Labute approximate surface area is 185 Å². The van der Waals surface area contributed by atoms with Gasteiger partial charge in [-0.1, -0.05) is 63.6 Å². The van der Waals surface area contributed by atoms with E-state index in [1.807, 2.05) is 36.4 Å². The number of fused-ring (bicyclic) bond motifs is 1. The van der Waals surface area contributed by atoms with Crippen LogP contribution in [-0.2, 0) is 22.4 Å². The van der Waals surface area contributed by atoms with Crippen LogP contribution in [0.15, 0.2) is 42.5 Å². The second-order valence-corrected chi connectivity index (χ2v) is 8.21. The van der Waals surface area contributed by atoms with Crippen molar-refractivity contribution in [1.82, 2.24) is 0 Å². The summed E-state index contributed by atoms with van der Waals surface area (Å²) in [5.74, 6) is -0.792. The van der Waals surface area contributed by atoms with Crippen LogP contribution in [0.2, 0.25) is 0 Å². The van der Waals surface area contributed by atoms with Crippen molar-refractivity contribution in [2.24, 2.45) is 0 Å². The number of unbranched alkanes of at least 4 members (excludes halogenated alkanes) is 6. The van der Waals surface area contributed by atoms with E-state index in [4.69, 9.17) is 4.74 Å². The van der Waals surface area contributed by atoms with Gasteiger partial charge in [0.1, 0.15) is 5.75 Å². The molecule has 0 unspecified atom stereocenters. The summed E-state index contributed by atoms with van der Waals surface area (Å²) < 4.78 is 5.87. The summed E-state index contributed by atoms with van der Waals surface area (Å²) in [5, 5.41) is 5.38. The number of amides is 2. The van der Waals surface area contributed by atoms with Crippen LogP contribution >= 0.6 is 0 Å². The maximum Gasteiger partial charge on any atom is 0.314 e. The number of carbonyl (C=O) groups is 2. The van der Waals surface area contributed by atoms with Crippen LogP contribution in [0, 0.1) is 0 Å². The molecule has 0 fully saturated rings. The average molecular weight is 423 g/mol. The molecule has 0 aliphatic heterocycles. The van der Waals surface area contributed by atoms with E-state index in [0.717, 1.165) is 32.1 Å². The number of hydrogen-bond donors (Lipinski definition) is 2. The molecule has 5 heteroatoms. The predicted molar refractivity (Wildman–Crippen MR) is 126 cm³/mol. The third-order valence-electron chi connectivity index (χ3n) is 5.70. The van der Waals surface area contributed by atoms with Gasteiger partial charge in [0, 0.05) is 5.69 Å². The van der Waals surface area contributed by atoms with Crippen molar-refractivity contribution in [3.05, 3.63) is 53.6 Å². The molecule has 31 heavy (non-hydrogen) atoms. The molecule has 2 N–H and O–H groups in total. The van der Waals surface area contributed by atoms with Crippen molar-refractivity contribution < 1.29 is 14.3 Å². The third-order valence-corrected chi connectivity index (χ3v) is 5.70. The van der Waals surface area contributed by atoms with Crippen LogP contribution in [0.4, 0.5) is 11.4 Å². The lowest BCUT2D eigenvalue weighted by atomic mass is 10.1. The van der Waals surface area contributed by atoms with Crippen LogP contribution in [0.3, 0.4) is 0 Å². The van der Waals surface area contributed by atoms with Crippen molar-refractivity contribution in [1.29, 1.82) is 0 Å². The Kier molecular flexibility index (Phi) is 8.95. The summed E-state index contributed by atoms with van der Waals surface area (Å²) in [6, 6.07) is 13.1. The molecule has 166 valence electrons. The highest BCUT2D eigenvalue weighted by atomic mass is 16.5. The lowest BCUT2D eigenvalue weighted by molar-refractivity contribution is -0.133. The van der Waals surface area contributed by atoms with Crippen LogP contribution < -0.4 is 15.4 Å². The van der Waals surface area contributed by atoms with E-state index in [2.05, 4.69) is 17.6 Å². The van der Waals surface area contributed by atoms with Gasteiger partial charge in [-0.25, -0.2) is 0 Å². The molecular formula is C26H34N2O3. The SMILES string of the molecule is CCCCCCCCCOc1ccccc1NC(=O)C(=O)Nc1ccc2c(c1)CCC2. The number of para-hydroxylation sites is 2. The van der Waals surface area contributed by atoms with Crippen molar-refractivity contribution in [2.45, 2.75) is 71.1 Å². The number of benzene rings is 2. The smallest absolute Gasteiger partial charge is 0.314 e. The van der Waals surface area contributed by atoms with Crippen molar-refractivity contribution in [3.8, 4) is 5.75 Å². The summed E-state index contributed by atoms with van der Waals surface area (Å²) in [7, 11) is 0. The molecule has 0 spiro atoms. The quantitative estimate of drug-likeness (QED) is 0.351. The first kappa shape index (κ1) is 22.9. The van der Waals surface area contributed by atoms with Crippen LogP contribution in [-0.4, -0.2) is 18.4 Å². The minimum Gasteiger partial charge on any atom is -0.491 e. The van der Waals surface area contributed by atoms with Crippen LogP contribution in [0.5, 0.6) is 5.75 Å². The second-order valence-electron chi connectivity index (χ2n) is 8.21. The van der Waals surface area contributed by atoms with Gasteiger partial charge in [0.15, 0.2) is 0 Å². The lowest BCUT2D eigenvalue weighted by Crippen LogP contribution is -2.29. The molecule has 1 aliphatic rings. The Morgan fingerprint density at radius 1 is 0.839 bits per heavy atom. The van der Waals surface area contributed by atoms with Gasteiger partial charge < -0.3 is 15.4 Å². The van der Waals surface area contributed by atoms with Gasteiger partial charge in [0.25, 0.3) is 0 Å². The largest absolute Gasteiger partial charge is 0.491 e. The number of rotatable bonds is 11. The molecule has 5 nitrogen and oxygen atoms in total. The van der Waals surface area contributed by atoms with E-state index in [9.17, 15) is 9.59 Å². The molecule has 1 aliphatic carbocycles. The van der Waals surface area contributed by atoms with Gasteiger partial charge in [0.2, 0.25) is 0 Å². The summed E-state index contributed by atoms with van der Waals surface area (Å²) >= 11 is 0. The highest BCUT2D eigenvalue weighted by Crippen LogP contribution is 2.26. The Balaban J connectivity index is 1.45. The highest BCUT2D eigenvalue weighted by Gasteiger charge is 2.17. The van der Waals surface area contributed by atoms with Gasteiger partial charge in [-0.15, -0.1) is 0 Å². The van der Waals surface area contributed by atoms with Crippen LogP contribution in [0.1, 0.15) is 69.4 Å². The molecule has 0 atom stereocenters. The van der Waals surface area contributed by atoms with E-state index in [1.165, 1.54) is 43.2 Å². The Morgan fingerprint density at radius 3 is 2.39 bits per heavy atom. The van der Waals surface area contributed by atoms with Gasteiger partial charge >= 0.3 is 11.8 Å². The predicted octanol–water partition coefficient (Wildman–Crippen LogP) is 5.88. The minimum atomic E-state index is -0.701. The molecule has 0 bridgehead atoms. The zero-order valence-corrected chi connectivity index (χ0v) is 18.5. The minimum absolute atomic E-state index is 0.513. The molecule has 2 amide bonds. The van der Waals surface area contributed by atoms with Gasteiger partial charge in [-0.3, -0.25) is 9.59 Å². The van der Waals surface area contributed by atoms with Crippen molar-refractivity contribution in [2.75, 3.05) is 17.2 Å². The van der Waals surface area contributed by atoms with Crippen molar-refractivity contribution in [3.63, 3.8) is 0 Å². The van der Waals surface area contributed by atoms with E-state index >= 15 is 0 Å². The molecule has 0 aromatic heterocycles. The number of hydrogen-bond acceptors (Lipinski definition) is 3. The van der Waals surface area contributed by atoms with Crippen molar-refractivity contribution >= 4 is 23.2 Å². The summed E-state index contributed by atoms with van der Waals surface area (Å²) in [5.41, 5.74) is 3.75. The highest BCUT2D eigenvalue weighted by molar-refractivity contribution is 6.43. The number of aryl methyl sites for hydroxylation is 2. The first-order valence-corrected chi connectivity index (χ1v) is 11.6. The topological polar surface area (TPSA) is 67.4 Å². The molecular weight excluding hydrogens is 388 g/mol. The zero-order valence-electron chi connectivity index (χ0n) is 18.5. The summed E-state index contributed by atoms with van der Waals surface area (Å²) in [4.78, 5) is 24.8.